The molecule has 0 saturated carbocycles. The molecule has 1 aliphatic heterocycles. The van der Waals surface area contributed by atoms with E-state index in [0.29, 0.717) is 15.0 Å². The Labute approximate surface area is 72.8 Å². The standard InChI is InChI=1S/C10H8Se/c1-2-7-10-9(5-1)6-3-4-8-11-10/h1-8H. The quantitative estimate of drug-likeness (QED) is 0.566. The van der Waals surface area contributed by atoms with Crippen LogP contribution in [0.3, 0.4) is 0 Å². The topological polar surface area (TPSA) is 0 Å². The molecule has 1 aromatic rings. The van der Waals surface area contributed by atoms with E-state index in [1.54, 1.807) is 0 Å². The fraction of sp³-hybridized carbons (Fsp3) is 0. The van der Waals surface area contributed by atoms with Crippen LogP contribution < -0.4 is 4.46 Å². The Hall–Kier alpha value is -0.781. The summed E-state index contributed by atoms with van der Waals surface area (Å²) in [5.41, 5.74) is 1.37. The van der Waals surface area contributed by atoms with Crippen LogP contribution in [0.25, 0.3) is 6.08 Å². The molecule has 0 atom stereocenters. The van der Waals surface area contributed by atoms with Crippen LogP contribution in [0.2, 0.25) is 0 Å². The third-order valence-electron chi connectivity index (χ3n) is 1.58. The second kappa shape index (κ2) is 3.08. The molecule has 11 heavy (non-hydrogen) atoms. The van der Waals surface area contributed by atoms with E-state index in [9.17, 15) is 0 Å². The van der Waals surface area contributed by atoms with Crippen molar-refractivity contribution in [1.29, 1.82) is 0 Å². The van der Waals surface area contributed by atoms with Crippen LogP contribution in [0.5, 0.6) is 0 Å². The summed E-state index contributed by atoms with van der Waals surface area (Å²) in [6.07, 6.45) is 6.40. The molecule has 1 heteroatoms. The average molecular weight is 207 g/mol. The normalized spacial score (nSPS) is 14.2. The van der Waals surface area contributed by atoms with Gasteiger partial charge in [0.25, 0.3) is 0 Å². The minimum atomic E-state index is 0.528. The molecule has 0 aromatic heterocycles. The van der Waals surface area contributed by atoms with Gasteiger partial charge in [-0.05, 0) is 0 Å². The Bertz CT molecular complexity index is 310. The second-order valence-electron chi connectivity index (χ2n) is 2.34. The molecule has 1 aliphatic rings. The number of allylic oxidation sites excluding steroid dienone is 2. The minimum absolute atomic E-state index is 0.528. The first-order valence-electron chi connectivity index (χ1n) is 3.56. The van der Waals surface area contributed by atoms with Crippen molar-refractivity contribution in [3.05, 3.63) is 47.0 Å². The van der Waals surface area contributed by atoms with Gasteiger partial charge in [-0.2, -0.15) is 0 Å². The zero-order valence-corrected chi connectivity index (χ0v) is 7.74. The third-order valence-corrected chi connectivity index (χ3v) is 3.51. The molecule has 0 fully saturated rings. The van der Waals surface area contributed by atoms with Gasteiger partial charge in [0, 0.05) is 0 Å². The molecule has 0 unspecified atom stereocenters. The van der Waals surface area contributed by atoms with Crippen LogP contribution in [0.15, 0.2) is 41.4 Å². The Morgan fingerprint density at radius 3 is 2.91 bits per heavy atom. The maximum atomic E-state index is 2.25. The maximum absolute atomic E-state index is 2.25. The van der Waals surface area contributed by atoms with Crippen LogP contribution in [-0.4, -0.2) is 15.0 Å². The van der Waals surface area contributed by atoms with Gasteiger partial charge in [-0.25, -0.2) is 0 Å². The molecule has 54 valence electrons. The zero-order valence-electron chi connectivity index (χ0n) is 6.03. The van der Waals surface area contributed by atoms with E-state index in [2.05, 4.69) is 47.5 Å². The van der Waals surface area contributed by atoms with E-state index in [1.807, 2.05) is 0 Å². The van der Waals surface area contributed by atoms with E-state index in [1.165, 1.54) is 10.0 Å². The number of hydrogen-bond acceptors (Lipinski definition) is 0. The first-order chi connectivity index (χ1) is 5.47. The van der Waals surface area contributed by atoms with Crippen LogP contribution in [0.4, 0.5) is 0 Å². The summed E-state index contributed by atoms with van der Waals surface area (Å²) in [5, 5.41) is 0. The molecule has 1 heterocycles. The SMILES string of the molecule is C1=C[Se]c2ccccc2C=C1. The van der Waals surface area contributed by atoms with Gasteiger partial charge in [0.1, 0.15) is 0 Å². The molecule has 0 saturated heterocycles. The third kappa shape index (κ3) is 1.45. The van der Waals surface area contributed by atoms with Crippen molar-refractivity contribution < 1.29 is 0 Å². The molecular weight excluding hydrogens is 199 g/mol. The molecule has 0 bridgehead atoms. The van der Waals surface area contributed by atoms with Crippen LogP contribution in [-0.2, 0) is 0 Å². The fourth-order valence-corrected chi connectivity index (χ4v) is 2.61. The second-order valence-corrected chi connectivity index (χ2v) is 4.33. The summed E-state index contributed by atoms with van der Waals surface area (Å²) >= 11 is 0.528. The predicted octanol–water partition coefficient (Wildman–Crippen LogP) is 1.56. The van der Waals surface area contributed by atoms with E-state index in [-0.39, 0.29) is 0 Å². The molecule has 0 spiro atoms. The van der Waals surface area contributed by atoms with E-state index < -0.39 is 0 Å². The summed E-state index contributed by atoms with van der Waals surface area (Å²) in [5.74, 6) is 0. The van der Waals surface area contributed by atoms with Crippen molar-refractivity contribution in [1.82, 2.24) is 0 Å². The van der Waals surface area contributed by atoms with Crippen molar-refractivity contribution in [2.45, 2.75) is 0 Å². The summed E-state index contributed by atoms with van der Waals surface area (Å²) < 4.78 is 1.48. The van der Waals surface area contributed by atoms with Crippen LogP contribution >= 0.6 is 0 Å². The van der Waals surface area contributed by atoms with Gasteiger partial charge in [-0.15, -0.1) is 0 Å². The molecule has 1 aromatic carbocycles. The Morgan fingerprint density at radius 2 is 1.91 bits per heavy atom. The number of benzene rings is 1. The van der Waals surface area contributed by atoms with Gasteiger partial charge < -0.3 is 0 Å². The van der Waals surface area contributed by atoms with Crippen molar-refractivity contribution in [3.8, 4) is 0 Å². The van der Waals surface area contributed by atoms with Crippen molar-refractivity contribution in [2.75, 3.05) is 0 Å². The molecule has 0 N–H and O–H groups in total. The number of hydrogen-bond donors (Lipinski definition) is 0. The van der Waals surface area contributed by atoms with Gasteiger partial charge in [-0.3, -0.25) is 0 Å². The van der Waals surface area contributed by atoms with Gasteiger partial charge >= 0.3 is 72.5 Å². The molecule has 0 aliphatic carbocycles. The summed E-state index contributed by atoms with van der Waals surface area (Å²) in [4.78, 5) is 2.25. The summed E-state index contributed by atoms with van der Waals surface area (Å²) in [7, 11) is 0. The monoisotopic (exact) mass is 208 g/mol. The molecule has 0 nitrogen and oxygen atoms in total. The number of fused-ring (bicyclic) bond motifs is 1. The van der Waals surface area contributed by atoms with E-state index in [4.69, 9.17) is 0 Å². The Balaban J connectivity index is 2.52. The van der Waals surface area contributed by atoms with E-state index in [0.717, 1.165) is 0 Å². The van der Waals surface area contributed by atoms with Crippen molar-refractivity contribution in [3.63, 3.8) is 0 Å². The zero-order chi connectivity index (χ0) is 7.52. The molecule has 0 amide bonds. The van der Waals surface area contributed by atoms with Gasteiger partial charge in [-0.1, -0.05) is 0 Å². The fourth-order valence-electron chi connectivity index (χ4n) is 1.04. The first kappa shape index (κ1) is 6.90. The molecule has 0 radical (unpaired) electrons. The van der Waals surface area contributed by atoms with Gasteiger partial charge in [0.05, 0.1) is 0 Å². The van der Waals surface area contributed by atoms with E-state index >= 15 is 0 Å². The first-order valence-corrected chi connectivity index (χ1v) is 5.40. The van der Waals surface area contributed by atoms with Crippen molar-refractivity contribution in [2.24, 2.45) is 0 Å². The van der Waals surface area contributed by atoms with Crippen LogP contribution in [0, 0.1) is 0 Å². The predicted molar refractivity (Wildman–Crippen MR) is 50.0 cm³/mol. The van der Waals surface area contributed by atoms with Gasteiger partial charge in [0.15, 0.2) is 0 Å². The van der Waals surface area contributed by atoms with Crippen LogP contribution in [0.1, 0.15) is 5.56 Å². The molecular formula is C10H8Se. The summed E-state index contributed by atoms with van der Waals surface area (Å²) in [6.45, 7) is 0. The van der Waals surface area contributed by atoms with Gasteiger partial charge in [0.2, 0.25) is 0 Å². The summed E-state index contributed by atoms with van der Waals surface area (Å²) in [6, 6.07) is 8.56. The Kier molecular flexibility index (Phi) is 1.93. The number of rotatable bonds is 0. The average Bonchev–Trinajstić information content (AvgIpc) is 2.28. The Morgan fingerprint density at radius 1 is 1.00 bits per heavy atom. The van der Waals surface area contributed by atoms with Crippen molar-refractivity contribution >= 4 is 25.5 Å². The molecule has 2 rings (SSSR count).